The number of carbonyl (C=O) groups is 2. The first kappa shape index (κ1) is 21.3. The van der Waals surface area contributed by atoms with Gasteiger partial charge in [-0.1, -0.05) is 6.92 Å². The smallest absolute Gasteiger partial charge is 0.341 e. The lowest BCUT2D eigenvalue weighted by Crippen LogP contribution is -2.42. The van der Waals surface area contributed by atoms with Crippen molar-refractivity contribution >= 4 is 28.2 Å². The lowest BCUT2D eigenvalue weighted by atomic mass is 10.1. The van der Waals surface area contributed by atoms with Gasteiger partial charge >= 0.3 is 5.97 Å². The van der Waals surface area contributed by atoms with E-state index in [9.17, 15) is 9.59 Å². The summed E-state index contributed by atoms with van der Waals surface area (Å²) in [5.41, 5.74) is 1.52. The Morgan fingerprint density at radius 3 is 2.61 bits per heavy atom. The standard InChI is InChI=1S/C21H33N3O3S/c1-4-17-15(3)28-20(19(17)21(26)27-5-2)22-18(25)14-24-12-8-9-16(24)13-23-10-6-7-11-23/h16H,4-14H2,1-3H3,(H,22,25). The van der Waals surface area contributed by atoms with Crippen molar-refractivity contribution < 1.29 is 14.3 Å². The van der Waals surface area contributed by atoms with Gasteiger partial charge in [0.2, 0.25) is 5.91 Å². The first-order chi connectivity index (χ1) is 13.5. The summed E-state index contributed by atoms with van der Waals surface area (Å²) in [6.45, 7) is 11.0. The van der Waals surface area contributed by atoms with Crippen LogP contribution in [0.3, 0.4) is 0 Å². The SMILES string of the molecule is CCOC(=O)c1c(NC(=O)CN2CCCC2CN2CCCC2)sc(C)c1CC. The lowest BCUT2D eigenvalue weighted by molar-refractivity contribution is -0.117. The first-order valence-corrected chi connectivity index (χ1v) is 11.4. The highest BCUT2D eigenvalue weighted by molar-refractivity contribution is 7.16. The largest absolute Gasteiger partial charge is 0.462 e. The Hall–Kier alpha value is -1.44. The highest BCUT2D eigenvalue weighted by Crippen LogP contribution is 2.34. The van der Waals surface area contributed by atoms with Crippen LogP contribution in [0.15, 0.2) is 0 Å². The van der Waals surface area contributed by atoms with Gasteiger partial charge in [0.1, 0.15) is 5.00 Å². The summed E-state index contributed by atoms with van der Waals surface area (Å²) in [7, 11) is 0. The molecule has 2 fully saturated rings. The third-order valence-corrected chi connectivity index (χ3v) is 6.87. The summed E-state index contributed by atoms with van der Waals surface area (Å²) >= 11 is 1.47. The third kappa shape index (κ3) is 4.93. The molecule has 3 heterocycles. The van der Waals surface area contributed by atoms with E-state index in [-0.39, 0.29) is 11.9 Å². The Morgan fingerprint density at radius 1 is 1.18 bits per heavy atom. The monoisotopic (exact) mass is 407 g/mol. The average Bonchev–Trinajstić information content (AvgIpc) is 3.37. The fraction of sp³-hybridized carbons (Fsp3) is 0.714. The van der Waals surface area contributed by atoms with Crippen LogP contribution in [0.2, 0.25) is 0 Å². The second-order valence-electron chi connectivity index (χ2n) is 7.74. The molecular formula is C21H33N3O3S. The Morgan fingerprint density at radius 2 is 1.93 bits per heavy atom. The molecule has 2 aliphatic rings. The minimum absolute atomic E-state index is 0.0391. The third-order valence-electron chi connectivity index (χ3n) is 5.81. The van der Waals surface area contributed by atoms with Crippen LogP contribution in [0, 0.1) is 6.92 Å². The van der Waals surface area contributed by atoms with Crippen molar-refractivity contribution in [2.45, 2.75) is 58.9 Å². The van der Waals surface area contributed by atoms with E-state index in [0.717, 1.165) is 42.8 Å². The van der Waals surface area contributed by atoms with Crippen LogP contribution in [0.1, 0.15) is 60.3 Å². The van der Waals surface area contributed by atoms with Gasteiger partial charge in [-0.15, -0.1) is 11.3 Å². The topological polar surface area (TPSA) is 61.9 Å². The maximum absolute atomic E-state index is 12.8. The van der Waals surface area contributed by atoms with Gasteiger partial charge in [-0.2, -0.15) is 0 Å². The molecule has 2 aliphatic heterocycles. The quantitative estimate of drug-likeness (QED) is 0.670. The molecule has 1 aromatic heterocycles. The summed E-state index contributed by atoms with van der Waals surface area (Å²) in [6.07, 6.45) is 5.65. The molecule has 7 heteroatoms. The maximum Gasteiger partial charge on any atom is 0.341 e. The molecule has 6 nitrogen and oxygen atoms in total. The number of thiophene rings is 1. The summed E-state index contributed by atoms with van der Waals surface area (Å²) in [6, 6.07) is 0.463. The van der Waals surface area contributed by atoms with Crippen molar-refractivity contribution in [1.29, 1.82) is 0 Å². The predicted octanol–water partition coefficient (Wildman–Crippen LogP) is 3.29. The van der Waals surface area contributed by atoms with Crippen LogP contribution in [-0.2, 0) is 16.0 Å². The number of anilines is 1. The van der Waals surface area contributed by atoms with Crippen molar-refractivity contribution in [3.8, 4) is 0 Å². The van der Waals surface area contributed by atoms with Gasteiger partial charge in [0.05, 0.1) is 18.7 Å². The molecule has 1 aromatic rings. The van der Waals surface area contributed by atoms with E-state index < -0.39 is 0 Å². The molecule has 0 spiro atoms. The van der Waals surface area contributed by atoms with Crippen molar-refractivity contribution in [1.82, 2.24) is 9.80 Å². The Balaban J connectivity index is 1.64. The number of rotatable bonds is 8. The Bertz CT molecular complexity index is 697. The van der Waals surface area contributed by atoms with E-state index in [2.05, 4.69) is 15.1 Å². The number of nitrogens with zero attached hydrogens (tertiary/aromatic N) is 2. The predicted molar refractivity (Wildman–Crippen MR) is 113 cm³/mol. The van der Waals surface area contributed by atoms with Gasteiger partial charge in [-0.25, -0.2) is 4.79 Å². The van der Waals surface area contributed by atoms with E-state index in [1.54, 1.807) is 6.92 Å². The molecule has 0 aromatic carbocycles. The normalized spacial score (nSPS) is 20.6. The number of carbonyl (C=O) groups excluding carboxylic acids is 2. The number of aryl methyl sites for hydroxylation is 1. The number of likely N-dealkylation sites (tertiary alicyclic amines) is 2. The number of ether oxygens (including phenoxy) is 1. The number of nitrogens with one attached hydrogen (secondary N) is 1. The van der Waals surface area contributed by atoms with Crippen molar-refractivity contribution in [2.24, 2.45) is 0 Å². The van der Waals surface area contributed by atoms with Crippen LogP contribution >= 0.6 is 11.3 Å². The fourth-order valence-corrected chi connectivity index (χ4v) is 5.58. The van der Waals surface area contributed by atoms with Gasteiger partial charge in [-0.3, -0.25) is 9.69 Å². The van der Waals surface area contributed by atoms with Crippen LogP contribution in [0.25, 0.3) is 0 Å². The second-order valence-corrected chi connectivity index (χ2v) is 8.96. The summed E-state index contributed by atoms with van der Waals surface area (Å²) in [4.78, 5) is 31.1. The van der Waals surface area contributed by atoms with E-state index in [0.29, 0.717) is 29.8 Å². The molecule has 0 aliphatic carbocycles. The van der Waals surface area contributed by atoms with E-state index >= 15 is 0 Å². The van der Waals surface area contributed by atoms with E-state index in [1.807, 2.05) is 13.8 Å². The van der Waals surface area contributed by atoms with Crippen molar-refractivity contribution in [3.05, 3.63) is 16.0 Å². The highest BCUT2D eigenvalue weighted by Gasteiger charge is 2.30. The van der Waals surface area contributed by atoms with E-state index in [4.69, 9.17) is 4.74 Å². The molecule has 1 atom stereocenters. The van der Waals surface area contributed by atoms with Crippen molar-refractivity contribution in [3.63, 3.8) is 0 Å². The number of amides is 1. The minimum atomic E-state index is -0.341. The van der Waals surface area contributed by atoms with Crippen LogP contribution in [0.5, 0.6) is 0 Å². The van der Waals surface area contributed by atoms with Gasteiger partial charge in [0, 0.05) is 17.5 Å². The van der Waals surface area contributed by atoms with Gasteiger partial charge in [0.15, 0.2) is 0 Å². The molecule has 2 saturated heterocycles. The minimum Gasteiger partial charge on any atom is -0.462 e. The fourth-order valence-electron chi connectivity index (χ4n) is 4.44. The van der Waals surface area contributed by atoms with Crippen LogP contribution < -0.4 is 5.32 Å². The summed E-state index contributed by atoms with van der Waals surface area (Å²) in [5.74, 6) is -0.380. The van der Waals surface area contributed by atoms with Crippen LogP contribution in [-0.4, -0.2) is 67.0 Å². The van der Waals surface area contributed by atoms with Gasteiger partial charge in [-0.05, 0) is 71.1 Å². The molecular weight excluding hydrogens is 374 g/mol. The number of esters is 1. The zero-order valence-electron chi connectivity index (χ0n) is 17.4. The lowest BCUT2D eigenvalue weighted by Gasteiger charge is -2.27. The number of hydrogen-bond acceptors (Lipinski definition) is 6. The molecule has 28 heavy (non-hydrogen) atoms. The average molecular weight is 408 g/mol. The number of hydrogen-bond donors (Lipinski definition) is 1. The van der Waals surface area contributed by atoms with Crippen molar-refractivity contribution in [2.75, 3.05) is 44.6 Å². The molecule has 1 unspecified atom stereocenters. The molecule has 156 valence electrons. The summed E-state index contributed by atoms with van der Waals surface area (Å²) < 4.78 is 5.23. The molecule has 3 rings (SSSR count). The zero-order valence-corrected chi connectivity index (χ0v) is 18.2. The Labute approximate surface area is 172 Å². The molecule has 1 amide bonds. The van der Waals surface area contributed by atoms with Gasteiger partial charge < -0.3 is 15.0 Å². The molecule has 0 saturated carbocycles. The molecule has 1 N–H and O–H groups in total. The summed E-state index contributed by atoms with van der Waals surface area (Å²) in [5, 5.41) is 3.64. The highest BCUT2D eigenvalue weighted by atomic mass is 32.1. The van der Waals surface area contributed by atoms with Gasteiger partial charge in [0.25, 0.3) is 0 Å². The molecule has 0 bridgehead atoms. The van der Waals surface area contributed by atoms with Crippen LogP contribution in [0.4, 0.5) is 5.00 Å². The zero-order chi connectivity index (χ0) is 20.1. The first-order valence-electron chi connectivity index (χ1n) is 10.6. The maximum atomic E-state index is 12.8. The Kier molecular flexibility index (Phi) is 7.48. The molecule has 0 radical (unpaired) electrons. The second kappa shape index (κ2) is 9.85. The van der Waals surface area contributed by atoms with E-state index in [1.165, 1.54) is 37.3 Å².